The molecule has 0 aromatic carbocycles. The highest BCUT2D eigenvalue weighted by molar-refractivity contribution is 5.86. The zero-order valence-corrected chi connectivity index (χ0v) is 16.0. The third-order valence-electron chi connectivity index (χ3n) is 5.26. The summed E-state index contributed by atoms with van der Waals surface area (Å²) in [6, 6.07) is -0.468. The maximum absolute atomic E-state index is 13.0. The Labute approximate surface area is 150 Å². The fraction of sp³-hybridized carbons (Fsp3) is 0.833. The first kappa shape index (κ1) is 19.7. The predicted molar refractivity (Wildman–Crippen MR) is 95.9 cm³/mol. The fourth-order valence-electron chi connectivity index (χ4n) is 3.89. The van der Waals surface area contributed by atoms with Crippen LogP contribution in [0.5, 0.6) is 0 Å². The molecule has 1 N–H and O–H groups in total. The van der Waals surface area contributed by atoms with Crippen molar-refractivity contribution < 1.29 is 14.4 Å². The molecule has 0 radical (unpaired) electrons. The van der Waals surface area contributed by atoms with Crippen LogP contribution in [-0.4, -0.2) is 84.3 Å². The third-order valence-corrected chi connectivity index (χ3v) is 5.26. The minimum absolute atomic E-state index is 0.00482. The molecule has 0 bridgehead atoms. The molecule has 3 amide bonds. The number of likely N-dealkylation sites (N-methyl/N-ethyl adjacent to an activating group) is 1. The van der Waals surface area contributed by atoms with Gasteiger partial charge >= 0.3 is 0 Å². The van der Waals surface area contributed by atoms with Gasteiger partial charge in [0.05, 0.1) is 12.1 Å². The number of hydrogen-bond donors (Lipinski definition) is 1. The molecular formula is C18H32N4O3. The van der Waals surface area contributed by atoms with Crippen LogP contribution in [0.15, 0.2) is 0 Å². The first-order valence-electron chi connectivity index (χ1n) is 9.36. The Bertz CT molecular complexity index is 501. The molecule has 7 nitrogen and oxygen atoms in total. The van der Waals surface area contributed by atoms with Gasteiger partial charge in [-0.1, -0.05) is 13.8 Å². The van der Waals surface area contributed by atoms with Crippen molar-refractivity contribution in [3.63, 3.8) is 0 Å². The molecule has 2 atom stereocenters. The second-order valence-electron chi connectivity index (χ2n) is 7.49. The molecule has 0 aliphatic carbocycles. The van der Waals surface area contributed by atoms with E-state index in [1.165, 1.54) is 0 Å². The molecule has 7 heteroatoms. The van der Waals surface area contributed by atoms with E-state index in [4.69, 9.17) is 0 Å². The summed E-state index contributed by atoms with van der Waals surface area (Å²) in [5.41, 5.74) is 0. The van der Waals surface area contributed by atoms with Crippen LogP contribution in [0.25, 0.3) is 0 Å². The number of amides is 3. The highest BCUT2D eigenvalue weighted by atomic mass is 16.2. The fourth-order valence-corrected chi connectivity index (χ4v) is 3.89. The van der Waals surface area contributed by atoms with Gasteiger partial charge in [-0.15, -0.1) is 0 Å². The van der Waals surface area contributed by atoms with E-state index in [0.717, 1.165) is 25.8 Å². The first-order valence-corrected chi connectivity index (χ1v) is 9.36. The van der Waals surface area contributed by atoms with Crippen molar-refractivity contribution in [1.82, 2.24) is 20.0 Å². The Balaban J connectivity index is 2.05. The number of piperazine rings is 1. The molecule has 0 aromatic heterocycles. The molecule has 0 saturated carbocycles. The molecule has 2 aliphatic heterocycles. The predicted octanol–water partition coefficient (Wildman–Crippen LogP) is 0.302. The quantitative estimate of drug-likeness (QED) is 0.773. The molecule has 2 aliphatic rings. The van der Waals surface area contributed by atoms with E-state index >= 15 is 0 Å². The summed E-state index contributed by atoms with van der Waals surface area (Å²) in [6.45, 7) is 8.91. The van der Waals surface area contributed by atoms with E-state index in [1.807, 2.05) is 4.90 Å². The monoisotopic (exact) mass is 352 g/mol. The molecular weight excluding hydrogens is 320 g/mol. The van der Waals surface area contributed by atoms with Crippen LogP contribution >= 0.6 is 0 Å². The molecule has 2 heterocycles. The van der Waals surface area contributed by atoms with Crippen LogP contribution in [0.2, 0.25) is 0 Å². The summed E-state index contributed by atoms with van der Waals surface area (Å²) in [4.78, 5) is 42.6. The number of carbonyl (C=O) groups is 3. The first-order chi connectivity index (χ1) is 11.8. The van der Waals surface area contributed by atoms with Crippen molar-refractivity contribution in [3.05, 3.63) is 0 Å². The number of rotatable bonds is 5. The Morgan fingerprint density at radius 1 is 1.04 bits per heavy atom. The average Bonchev–Trinajstić information content (AvgIpc) is 3.07. The van der Waals surface area contributed by atoms with Crippen molar-refractivity contribution in [2.24, 2.45) is 5.92 Å². The Kier molecular flexibility index (Phi) is 6.81. The summed E-state index contributed by atoms with van der Waals surface area (Å²) in [6.07, 6.45) is 2.49. The molecule has 2 rings (SSSR count). The standard InChI is InChI=1S/C18H32N4O3/c1-13(2)12-16(17(24)19-4)22-7-5-6-15(22)18(25)21-10-8-20(9-11-21)14(3)23/h13,15-16H,5-12H2,1-4H3,(H,19,24). The zero-order valence-electron chi connectivity index (χ0n) is 16.0. The van der Waals surface area contributed by atoms with E-state index in [-0.39, 0.29) is 29.8 Å². The summed E-state index contributed by atoms with van der Waals surface area (Å²) >= 11 is 0. The number of hydrogen-bond acceptors (Lipinski definition) is 4. The Morgan fingerprint density at radius 3 is 2.16 bits per heavy atom. The number of carbonyl (C=O) groups excluding carboxylic acids is 3. The van der Waals surface area contributed by atoms with Gasteiger partial charge in [0.2, 0.25) is 17.7 Å². The van der Waals surface area contributed by atoms with Crippen LogP contribution in [0, 0.1) is 5.92 Å². The lowest BCUT2D eigenvalue weighted by molar-refractivity contribution is -0.143. The lowest BCUT2D eigenvalue weighted by atomic mass is 10.0. The SMILES string of the molecule is CNC(=O)C(CC(C)C)N1CCCC1C(=O)N1CCN(C(C)=O)CC1. The van der Waals surface area contributed by atoms with Crippen LogP contribution < -0.4 is 5.32 Å². The van der Waals surface area contributed by atoms with Gasteiger partial charge < -0.3 is 15.1 Å². The number of nitrogens with zero attached hydrogens (tertiary/aromatic N) is 3. The van der Waals surface area contributed by atoms with E-state index < -0.39 is 0 Å². The van der Waals surface area contributed by atoms with E-state index in [1.54, 1.807) is 18.9 Å². The van der Waals surface area contributed by atoms with Crippen LogP contribution in [0.3, 0.4) is 0 Å². The second kappa shape index (κ2) is 8.65. The zero-order chi connectivity index (χ0) is 18.6. The van der Waals surface area contributed by atoms with Gasteiger partial charge in [0.15, 0.2) is 0 Å². The van der Waals surface area contributed by atoms with Crippen LogP contribution in [-0.2, 0) is 14.4 Å². The van der Waals surface area contributed by atoms with Gasteiger partial charge in [-0.05, 0) is 31.7 Å². The van der Waals surface area contributed by atoms with E-state index in [2.05, 4.69) is 24.1 Å². The van der Waals surface area contributed by atoms with Gasteiger partial charge in [-0.2, -0.15) is 0 Å². The summed E-state index contributed by atoms with van der Waals surface area (Å²) in [7, 11) is 1.66. The highest BCUT2D eigenvalue weighted by Crippen LogP contribution is 2.25. The molecule has 0 spiro atoms. The van der Waals surface area contributed by atoms with Gasteiger partial charge in [0, 0.05) is 40.2 Å². The average molecular weight is 352 g/mol. The van der Waals surface area contributed by atoms with Crippen molar-refractivity contribution in [2.75, 3.05) is 39.8 Å². The smallest absolute Gasteiger partial charge is 0.240 e. The minimum Gasteiger partial charge on any atom is -0.358 e. The molecule has 2 unspecified atom stereocenters. The highest BCUT2D eigenvalue weighted by Gasteiger charge is 2.40. The minimum atomic E-state index is -0.250. The largest absolute Gasteiger partial charge is 0.358 e. The van der Waals surface area contributed by atoms with Gasteiger partial charge in [0.25, 0.3) is 0 Å². The number of nitrogens with one attached hydrogen (secondary N) is 1. The molecule has 25 heavy (non-hydrogen) atoms. The van der Waals surface area contributed by atoms with Gasteiger partial charge in [0.1, 0.15) is 0 Å². The third kappa shape index (κ3) is 4.71. The summed E-state index contributed by atoms with van der Waals surface area (Å²) < 4.78 is 0. The van der Waals surface area contributed by atoms with Crippen molar-refractivity contribution in [1.29, 1.82) is 0 Å². The summed E-state index contributed by atoms with van der Waals surface area (Å²) in [5, 5.41) is 2.75. The van der Waals surface area contributed by atoms with Crippen LogP contribution in [0.4, 0.5) is 0 Å². The lowest BCUT2D eigenvalue weighted by Gasteiger charge is -2.38. The van der Waals surface area contributed by atoms with E-state index in [9.17, 15) is 14.4 Å². The van der Waals surface area contributed by atoms with Crippen molar-refractivity contribution in [3.8, 4) is 0 Å². The topological polar surface area (TPSA) is 73.0 Å². The lowest BCUT2D eigenvalue weighted by Crippen LogP contribution is -2.57. The van der Waals surface area contributed by atoms with Gasteiger partial charge in [-0.3, -0.25) is 19.3 Å². The van der Waals surface area contributed by atoms with Crippen LogP contribution in [0.1, 0.15) is 40.0 Å². The molecule has 2 saturated heterocycles. The summed E-state index contributed by atoms with van der Waals surface area (Å²) in [5.74, 6) is 0.553. The normalized spacial score (nSPS) is 23.0. The Hall–Kier alpha value is -1.63. The molecule has 142 valence electrons. The van der Waals surface area contributed by atoms with E-state index in [0.29, 0.717) is 32.1 Å². The van der Waals surface area contributed by atoms with Crippen molar-refractivity contribution >= 4 is 17.7 Å². The molecule has 0 aromatic rings. The maximum atomic E-state index is 13.0. The van der Waals surface area contributed by atoms with Gasteiger partial charge in [-0.25, -0.2) is 0 Å². The van der Waals surface area contributed by atoms with Crippen molar-refractivity contribution in [2.45, 2.75) is 52.1 Å². The second-order valence-corrected chi connectivity index (χ2v) is 7.49. The Morgan fingerprint density at radius 2 is 1.64 bits per heavy atom. The number of likely N-dealkylation sites (tertiary alicyclic amines) is 1. The molecule has 2 fully saturated rings. The maximum Gasteiger partial charge on any atom is 0.240 e.